The molecule has 5 heteroatoms. The van der Waals surface area contributed by atoms with E-state index in [2.05, 4.69) is 5.32 Å². The molecule has 2 fully saturated rings. The van der Waals surface area contributed by atoms with Crippen LogP contribution in [0.5, 0.6) is 5.75 Å². The Labute approximate surface area is 142 Å². The van der Waals surface area contributed by atoms with E-state index in [1.807, 2.05) is 11.9 Å². The first-order valence-corrected chi connectivity index (χ1v) is 9.09. The standard InChI is InChI=1S/C19H25FN2O2/c1-22(18(12-4-5-12)13-6-7-13)19(23)21-16-3-2-10-24-17-9-8-14(20)11-15(16)17/h8-9,11-13,16,18H,2-7,10H2,1H3,(H,21,23). The largest absolute Gasteiger partial charge is 0.493 e. The molecule has 1 N–H and O–H groups in total. The van der Waals surface area contributed by atoms with Gasteiger partial charge in [0.1, 0.15) is 11.6 Å². The minimum Gasteiger partial charge on any atom is -0.493 e. The highest BCUT2D eigenvalue weighted by atomic mass is 19.1. The predicted molar refractivity (Wildman–Crippen MR) is 89.4 cm³/mol. The molecule has 2 saturated carbocycles. The third-order valence-electron chi connectivity index (χ3n) is 5.52. The van der Waals surface area contributed by atoms with Crippen molar-refractivity contribution in [3.8, 4) is 5.75 Å². The summed E-state index contributed by atoms with van der Waals surface area (Å²) in [6, 6.07) is 4.71. The first kappa shape index (κ1) is 15.7. The summed E-state index contributed by atoms with van der Waals surface area (Å²) in [5.74, 6) is 1.74. The molecule has 0 bridgehead atoms. The van der Waals surface area contributed by atoms with Gasteiger partial charge in [-0.15, -0.1) is 0 Å². The smallest absolute Gasteiger partial charge is 0.317 e. The van der Waals surface area contributed by atoms with Crippen LogP contribution in [0.3, 0.4) is 0 Å². The quantitative estimate of drug-likeness (QED) is 0.909. The van der Waals surface area contributed by atoms with Gasteiger partial charge in [-0.05, 0) is 68.6 Å². The van der Waals surface area contributed by atoms with Crippen molar-refractivity contribution in [1.82, 2.24) is 10.2 Å². The number of carbonyl (C=O) groups excluding carboxylic acids is 1. The predicted octanol–water partition coefficient (Wildman–Crippen LogP) is 3.87. The number of hydrogen-bond acceptors (Lipinski definition) is 2. The third kappa shape index (κ3) is 3.21. The molecule has 1 aromatic rings. The molecule has 1 heterocycles. The lowest BCUT2D eigenvalue weighted by molar-refractivity contribution is 0.170. The van der Waals surface area contributed by atoms with Gasteiger partial charge in [0.25, 0.3) is 0 Å². The Bertz CT molecular complexity index is 616. The van der Waals surface area contributed by atoms with Crippen LogP contribution >= 0.6 is 0 Å². The molecule has 24 heavy (non-hydrogen) atoms. The number of amides is 2. The van der Waals surface area contributed by atoms with E-state index in [0.717, 1.165) is 18.4 Å². The van der Waals surface area contributed by atoms with Crippen LogP contribution in [0.1, 0.15) is 50.1 Å². The van der Waals surface area contributed by atoms with Crippen molar-refractivity contribution in [1.29, 1.82) is 0 Å². The molecule has 0 saturated heterocycles. The van der Waals surface area contributed by atoms with Crippen molar-refractivity contribution in [3.63, 3.8) is 0 Å². The summed E-state index contributed by atoms with van der Waals surface area (Å²) < 4.78 is 19.4. The fourth-order valence-electron chi connectivity index (χ4n) is 3.98. The summed E-state index contributed by atoms with van der Waals surface area (Å²) in [5, 5.41) is 3.13. The second-order valence-corrected chi connectivity index (χ2v) is 7.45. The summed E-state index contributed by atoms with van der Waals surface area (Å²) in [5.41, 5.74) is 0.753. The maximum Gasteiger partial charge on any atom is 0.317 e. The van der Waals surface area contributed by atoms with Crippen LogP contribution in [0.15, 0.2) is 18.2 Å². The minimum atomic E-state index is -0.291. The molecule has 1 atom stereocenters. The number of urea groups is 1. The molecule has 0 radical (unpaired) electrons. The molecule has 1 aromatic carbocycles. The van der Waals surface area contributed by atoms with Gasteiger partial charge in [0.05, 0.1) is 12.6 Å². The van der Waals surface area contributed by atoms with Crippen molar-refractivity contribution >= 4 is 6.03 Å². The zero-order chi connectivity index (χ0) is 16.7. The van der Waals surface area contributed by atoms with Gasteiger partial charge >= 0.3 is 6.03 Å². The summed E-state index contributed by atoms with van der Waals surface area (Å²) >= 11 is 0. The summed E-state index contributed by atoms with van der Waals surface area (Å²) in [6.07, 6.45) is 6.58. The van der Waals surface area contributed by atoms with E-state index < -0.39 is 0 Å². The van der Waals surface area contributed by atoms with E-state index in [1.165, 1.54) is 37.8 Å². The van der Waals surface area contributed by atoms with E-state index in [0.29, 0.717) is 30.2 Å². The molecular weight excluding hydrogens is 307 g/mol. The molecule has 0 aromatic heterocycles. The topological polar surface area (TPSA) is 41.6 Å². The number of fused-ring (bicyclic) bond motifs is 1. The van der Waals surface area contributed by atoms with E-state index >= 15 is 0 Å². The number of nitrogens with one attached hydrogen (secondary N) is 1. The number of nitrogens with zero attached hydrogens (tertiary/aromatic N) is 1. The zero-order valence-electron chi connectivity index (χ0n) is 14.1. The molecular formula is C19H25FN2O2. The molecule has 2 amide bonds. The van der Waals surface area contributed by atoms with Crippen LogP contribution < -0.4 is 10.1 Å². The number of rotatable bonds is 4. The normalized spacial score (nSPS) is 23.2. The second kappa shape index (κ2) is 6.26. The molecule has 1 unspecified atom stereocenters. The van der Waals surface area contributed by atoms with Crippen molar-refractivity contribution < 1.29 is 13.9 Å². The van der Waals surface area contributed by atoms with Crippen molar-refractivity contribution in [3.05, 3.63) is 29.6 Å². The first-order chi connectivity index (χ1) is 11.6. The average Bonchev–Trinajstić information content (AvgIpc) is 3.44. The fraction of sp³-hybridized carbons (Fsp3) is 0.632. The monoisotopic (exact) mass is 332 g/mol. The van der Waals surface area contributed by atoms with Gasteiger partial charge < -0.3 is 15.0 Å². The molecule has 2 aliphatic carbocycles. The Hall–Kier alpha value is -1.78. The van der Waals surface area contributed by atoms with Gasteiger partial charge in [0, 0.05) is 18.7 Å². The van der Waals surface area contributed by atoms with Gasteiger partial charge in [-0.25, -0.2) is 9.18 Å². The Morgan fingerprint density at radius 2 is 1.96 bits per heavy atom. The van der Waals surface area contributed by atoms with Crippen LogP contribution in [-0.2, 0) is 0 Å². The van der Waals surface area contributed by atoms with E-state index in [-0.39, 0.29) is 17.9 Å². The highest BCUT2D eigenvalue weighted by Gasteiger charge is 2.45. The zero-order valence-corrected chi connectivity index (χ0v) is 14.1. The Morgan fingerprint density at radius 1 is 1.25 bits per heavy atom. The SMILES string of the molecule is CN(C(=O)NC1CCCOc2ccc(F)cc21)C(C1CC1)C1CC1. The first-order valence-electron chi connectivity index (χ1n) is 9.09. The van der Waals surface area contributed by atoms with Crippen molar-refractivity contribution in [2.75, 3.05) is 13.7 Å². The summed E-state index contributed by atoms with van der Waals surface area (Å²) in [4.78, 5) is 14.7. The number of carbonyl (C=O) groups is 1. The Balaban J connectivity index is 1.49. The van der Waals surface area contributed by atoms with Crippen LogP contribution in [0.25, 0.3) is 0 Å². The highest BCUT2D eigenvalue weighted by Crippen LogP contribution is 2.47. The Morgan fingerprint density at radius 3 is 2.62 bits per heavy atom. The molecule has 4 rings (SSSR count). The molecule has 4 nitrogen and oxygen atoms in total. The summed E-state index contributed by atoms with van der Waals surface area (Å²) in [7, 11) is 1.91. The average molecular weight is 332 g/mol. The number of ether oxygens (including phenoxy) is 1. The lowest BCUT2D eigenvalue weighted by atomic mass is 10.0. The maximum atomic E-state index is 13.7. The molecule has 3 aliphatic rings. The lowest BCUT2D eigenvalue weighted by Gasteiger charge is -2.30. The Kier molecular flexibility index (Phi) is 4.10. The highest BCUT2D eigenvalue weighted by molar-refractivity contribution is 5.75. The molecule has 0 spiro atoms. The van der Waals surface area contributed by atoms with E-state index in [9.17, 15) is 9.18 Å². The van der Waals surface area contributed by atoms with Gasteiger partial charge in [-0.1, -0.05) is 0 Å². The van der Waals surface area contributed by atoms with Crippen LogP contribution in [0, 0.1) is 17.7 Å². The van der Waals surface area contributed by atoms with Gasteiger partial charge in [0.2, 0.25) is 0 Å². The van der Waals surface area contributed by atoms with E-state index in [4.69, 9.17) is 4.74 Å². The van der Waals surface area contributed by atoms with Gasteiger partial charge in [-0.3, -0.25) is 0 Å². The van der Waals surface area contributed by atoms with Crippen molar-refractivity contribution in [2.24, 2.45) is 11.8 Å². The maximum absolute atomic E-state index is 13.7. The number of halogens is 1. The van der Waals surface area contributed by atoms with Crippen LogP contribution in [0.4, 0.5) is 9.18 Å². The lowest BCUT2D eigenvalue weighted by Crippen LogP contribution is -2.46. The van der Waals surface area contributed by atoms with Gasteiger partial charge in [-0.2, -0.15) is 0 Å². The van der Waals surface area contributed by atoms with Crippen LogP contribution in [0.2, 0.25) is 0 Å². The minimum absolute atomic E-state index is 0.0408. The number of benzene rings is 1. The number of hydrogen-bond donors (Lipinski definition) is 1. The second-order valence-electron chi connectivity index (χ2n) is 7.45. The van der Waals surface area contributed by atoms with E-state index in [1.54, 1.807) is 6.07 Å². The van der Waals surface area contributed by atoms with Crippen molar-refractivity contribution in [2.45, 2.75) is 50.6 Å². The summed E-state index contributed by atoms with van der Waals surface area (Å²) in [6.45, 7) is 0.605. The third-order valence-corrected chi connectivity index (χ3v) is 5.52. The van der Waals surface area contributed by atoms with Gasteiger partial charge in [0.15, 0.2) is 0 Å². The van der Waals surface area contributed by atoms with Crippen LogP contribution in [-0.4, -0.2) is 30.6 Å². The fourth-order valence-corrected chi connectivity index (χ4v) is 3.98. The molecule has 130 valence electrons. The molecule has 1 aliphatic heterocycles.